The van der Waals surface area contributed by atoms with E-state index in [0.717, 1.165) is 22.4 Å². The summed E-state index contributed by atoms with van der Waals surface area (Å²) in [5.41, 5.74) is 4.47. The van der Waals surface area contributed by atoms with Gasteiger partial charge < -0.3 is 10.1 Å². The molecule has 2 amide bonds. The van der Waals surface area contributed by atoms with Crippen molar-refractivity contribution in [1.29, 1.82) is 0 Å². The molecule has 2 aromatic carbocycles. The number of amides is 2. The summed E-state index contributed by atoms with van der Waals surface area (Å²) in [5, 5.41) is 3.23. The van der Waals surface area contributed by atoms with Crippen LogP contribution in [0.4, 0.5) is 5.69 Å². The van der Waals surface area contributed by atoms with Gasteiger partial charge in [0.05, 0.1) is 11.7 Å². The molecule has 1 aliphatic heterocycles. The summed E-state index contributed by atoms with van der Waals surface area (Å²) in [6, 6.07) is 15.4. The molecule has 0 radical (unpaired) electrons. The Morgan fingerprint density at radius 3 is 2.24 bits per heavy atom. The number of rotatable bonds is 8. The second-order valence-electron chi connectivity index (χ2n) is 7.65. The molecule has 5 heteroatoms. The highest BCUT2D eigenvalue weighted by molar-refractivity contribution is 6.36. The molecule has 1 heterocycles. The molecule has 0 aliphatic carbocycles. The van der Waals surface area contributed by atoms with E-state index in [1.807, 2.05) is 70.2 Å². The number of hydrogen-bond donors (Lipinski definition) is 1. The number of hydrogen-bond acceptors (Lipinski definition) is 4. The number of imide groups is 1. The average molecular weight is 392 g/mol. The summed E-state index contributed by atoms with van der Waals surface area (Å²) < 4.78 is 5.55. The summed E-state index contributed by atoms with van der Waals surface area (Å²) >= 11 is 0. The van der Waals surface area contributed by atoms with Gasteiger partial charge in [0, 0.05) is 18.8 Å². The lowest BCUT2D eigenvalue weighted by molar-refractivity contribution is -0.137. The van der Waals surface area contributed by atoms with Crippen LogP contribution in [0.1, 0.15) is 37.0 Å². The third kappa shape index (κ3) is 4.93. The summed E-state index contributed by atoms with van der Waals surface area (Å²) in [6.07, 6.45) is 0.731. The lowest BCUT2D eigenvalue weighted by Gasteiger charge is -2.16. The Balaban J connectivity index is 1.90. The monoisotopic (exact) mass is 392 g/mol. The number of nitrogens with zero attached hydrogens (tertiary/aromatic N) is 1. The van der Waals surface area contributed by atoms with E-state index in [9.17, 15) is 9.59 Å². The van der Waals surface area contributed by atoms with E-state index in [2.05, 4.69) is 11.4 Å². The molecule has 29 heavy (non-hydrogen) atoms. The number of anilines is 1. The van der Waals surface area contributed by atoms with Crippen molar-refractivity contribution in [1.82, 2.24) is 4.90 Å². The van der Waals surface area contributed by atoms with Gasteiger partial charge in [0.1, 0.15) is 5.70 Å². The molecule has 0 bridgehead atoms. The maximum atomic E-state index is 13.1. The maximum absolute atomic E-state index is 13.1. The third-order valence-electron chi connectivity index (χ3n) is 4.70. The summed E-state index contributed by atoms with van der Waals surface area (Å²) in [4.78, 5) is 27.6. The van der Waals surface area contributed by atoms with Crippen LogP contribution in [0.15, 0.2) is 54.2 Å². The zero-order chi connectivity index (χ0) is 21.0. The van der Waals surface area contributed by atoms with E-state index in [4.69, 9.17) is 4.74 Å². The molecule has 0 saturated carbocycles. The number of ether oxygens (including phenoxy) is 1. The lowest BCUT2D eigenvalue weighted by Crippen LogP contribution is -2.34. The average Bonchev–Trinajstić information content (AvgIpc) is 2.89. The van der Waals surface area contributed by atoms with Gasteiger partial charge in [-0.3, -0.25) is 14.5 Å². The minimum Gasteiger partial charge on any atom is -0.379 e. The molecule has 0 fully saturated rings. The fraction of sp³-hybridized carbons (Fsp3) is 0.333. The van der Waals surface area contributed by atoms with Crippen LogP contribution in [-0.2, 0) is 14.3 Å². The van der Waals surface area contributed by atoms with Crippen molar-refractivity contribution in [3.05, 3.63) is 70.9 Å². The van der Waals surface area contributed by atoms with Crippen molar-refractivity contribution >= 4 is 23.1 Å². The molecule has 1 aliphatic rings. The molecule has 3 rings (SSSR count). The van der Waals surface area contributed by atoms with Crippen LogP contribution in [0.3, 0.4) is 0 Å². The smallest absolute Gasteiger partial charge is 0.278 e. The maximum Gasteiger partial charge on any atom is 0.278 e. The Morgan fingerprint density at radius 1 is 0.966 bits per heavy atom. The Hall–Kier alpha value is -2.92. The molecule has 0 atom stereocenters. The van der Waals surface area contributed by atoms with Gasteiger partial charge in [0.15, 0.2) is 0 Å². The predicted octanol–water partition coefficient (Wildman–Crippen LogP) is 4.31. The van der Waals surface area contributed by atoms with Gasteiger partial charge >= 0.3 is 0 Å². The molecule has 1 N–H and O–H groups in total. The third-order valence-corrected chi connectivity index (χ3v) is 4.70. The molecule has 0 aromatic heterocycles. The minimum atomic E-state index is -0.294. The number of nitrogens with one attached hydrogen (secondary N) is 1. The first-order valence-electron chi connectivity index (χ1n) is 9.99. The van der Waals surface area contributed by atoms with Crippen molar-refractivity contribution in [3.63, 3.8) is 0 Å². The predicted molar refractivity (Wildman–Crippen MR) is 115 cm³/mol. The van der Waals surface area contributed by atoms with E-state index in [0.29, 0.717) is 30.8 Å². The fourth-order valence-electron chi connectivity index (χ4n) is 3.50. The Morgan fingerprint density at radius 2 is 1.62 bits per heavy atom. The molecule has 2 aromatic rings. The zero-order valence-electron chi connectivity index (χ0n) is 17.5. The normalized spacial score (nSPS) is 14.3. The Bertz CT molecular complexity index is 912. The first-order valence-corrected chi connectivity index (χ1v) is 9.99. The van der Waals surface area contributed by atoms with E-state index in [1.165, 1.54) is 4.90 Å². The van der Waals surface area contributed by atoms with Gasteiger partial charge in [-0.05, 0) is 62.9 Å². The van der Waals surface area contributed by atoms with Crippen molar-refractivity contribution in [2.45, 2.75) is 40.2 Å². The molecule has 0 spiro atoms. The highest BCUT2D eigenvalue weighted by Crippen LogP contribution is 2.31. The van der Waals surface area contributed by atoms with Gasteiger partial charge in [-0.2, -0.15) is 0 Å². The lowest BCUT2D eigenvalue weighted by atomic mass is 10.0. The van der Waals surface area contributed by atoms with Gasteiger partial charge in [-0.25, -0.2) is 0 Å². The SMILES string of the molecule is Cc1cc(C)cc(NC2=C(c3ccccc3)C(=O)N(CCCOC(C)C)C2=O)c1. The van der Waals surface area contributed by atoms with Gasteiger partial charge in [-0.1, -0.05) is 36.4 Å². The topological polar surface area (TPSA) is 58.6 Å². The molecular formula is C24H28N2O3. The first kappa shape index (κ1) is 20.8. The fourth-order valence-corrected chi connectivity index (χ4v) is 3.50. The van der Waals surface area contributed by atoms with Crippen LogP contribution in [-0.4, -0.2) is 36.0 Å². The molecule has 0 saturated heterocycles. The highest BCUT2D eigenvalue weighted by atomic mass is 16.5. The van der Waals surface area contributed by atoms with Gasteiger partial charge in [0.2, 0.25) is 0 Å². The Labute approximate surface area is 172 Å². The van der Waals surface area contributed by atoms with Crippen molar-refractivity contribution in [2.75, 3.05) is 18.5 Å². The number of carbonyl (C=O) groups excluding carboxylic acids is 2. The van der Waals surface area contributed by atoms with Gasteiger partial charge in [0.25, 0.3) is 11.8 Å². The highest BCUT2D eigenvalue weighted by Gasteiger charge is 2.38. The van der Waals surface area contributed by atoms with Crippen molar-refractivity contribution in [2.24, 2.45) is 0 Å². The minimum absolute atomic E-state index is 0.125. The standard InChI is InChI=1S/C24H28N2O3/c1-16(2)29-12-8-11-26-23(27)21(19-9-6-5-7-10-19)22(24(26)28)25-20-14-17(3)13-18(4)15-20/h5-7,9-10,13-16,25H,8,11-12H2,1-4H3. The number of aryl methyl sites for hydroxylation is 2. The number of carbonyl (C=O) groups is 2. The van der Waals surface area contributed by atoms with Crippen LogP contribution in [0.5, 0.6) is 0 Å². The molecule has 5 nitrogen and oxygen atoms in total. The second kappa shape index (κ2) is 9.05. The summed E-state index contributed by atoms with van der Waals surface area (Å²) in [7, 11) is 0. The van der Waals surface area contributed by atoms with Crippen LogP contribution in [0, 0.1) is 13.8 Å². The van der Waals surface area contributed by atoms with E-state index < -0.39 is 0 Å². The summed E-state index contributed by atoms with van der Waals surface area (Å²) in [6.45, 7) is 8.79. The van der Waals surface area contributed by atoms with Crippen LogP contribution < -0.4 is 5.32 Å². The summed E-state index contributed by atoms with van der Waals surface area (Å²) in [5.74, 6) is -0.560. The van der Waals surface area contributed by atoms with E-state index >= 15 is 0 Å². The molecule has 152 valence electrons. The van der Waals surface area contributed by atoms with Crippen LogP contribution in [0.2, 0.25) is 0 Å². The van der Waals surface area contributed by atoms with E-state index in [-0.39, 0.29) is 17.9 Å². The first-order chi connectivity index (χ1) is 13.9. The Kier molecular flexibility index (Phi) is 6.49. The zero-order valence-corrected chi connectivity index (χ0v) is 17.5. The number of benzene rings is 2. The van der Waals surface area contributed by atoms with Gasteiger partial charge in [-0.15, -0.1) is 0 Å². The quantitative estimate of drug-likeness (QED) is 0.537. The molecule has 0 unspecified atom stereocenters. The van der Waals surface area contributed by atoms with Crippen molar-refractivity contribution < 1.29 is 14.3 Å². The molecular weight excluding hydrogens is 364 g/mol. The largest absolute Gasteiger partial charge is 0.379 e. The second-order valence-corrected chi connectivity index (χ2v) is 7.65. The van der Waals surface area contributed by atoms with E-state index in [1.54, 1.807) is 0 Å². The van der Waals surface area contributed by atoms with Crippen LogP contribution in [0.25, 0.3) is 5.57 Å². The van der Waals surface area contributed by atoms with Crippen molar-refractivity contribution in [3.8, 4) is 0 Å². The van der Waals surface area contributed by atoms with Crippen LogP contribution >= 0.6 is 0 Å².